The van der Waals surface area contributed by atoms with E-state index in [9.17, 15) is 9.59 Å². The molecule has 6 heteroatoms. The molecule has 1 aliphatic rings. The third-order valence-corrected chi connectivity index (χ3v) is 4.37. The zero-order valence-electron chi connectivity index (χ0n) is 14.6. The minimum Gasteiger partial charge on any atom is -0.495 e. The van der Waals surface area contributed by atoms with Gasteiger partial charge in [0.25, 0.3) is 0 Å². The molecule has 2 aromatic rings. The maximum atomic E-state index is 12.9. The Hall–Kier alpha value is -3.20. The quantitative estimate of drug-likeness (QED) is 0.749. The monoisotopic (exact) mass is 352 g/mol. The van der Waals surface area contributed by atoms with Crippen LogP contribution in [0.4, 0.5) is 5.69 Å². The summed E-state index contributed by atoms with van der Waals surface area (Å²) in [7, 11) is 1.56. The Labute approximate surface area is 152 Å². The third-order valence-electron chi connectivity index (χ3n) is 4.37. The normalized spacial score (nSPS) is 16.4. The summed E-state index contributed by atoms with van der Waals surface area (Å²) in [6.07, 6.45) is 7.11. The summed E-state index contributed by atoms with van der Waals surface area (Å²) < 4.78 is 10.6. The zero-order valence-corrected chi connectivity index (χ0v) is 14.6. The number of anilines is 1. The summed E-state index contributed by atoms with van der Waals surface area (Å²) in [5.41, 5.74) is 0.671. The molecule has 3 rings (SSSR count). The molecule has 0 spiro atoms. The predicted molar refractivity (Wildman–Crippen MR) is 96.4 cm³/mol. The van der Waals surface area contributed by atoms with Crippen LogP contribution >= 0.6 is 0 Å². The molecule has 1 fully saturated rings. The van der Waals surface area contributed by atoms with Crippen molar-refractivity contribution >= 4 is 17.5 Å². The number of carbonyl (C=O) groups is 2. The first-order valence-corrected chi connectivity index (χ1v) is 8.32. The van der Waals surface area contributed by atoms with Crippen LogP contribution in [0, 0.1) is 18.3 Å². The fourth-order valence-corrected chi connectivity index (χ4v) is 3.13. The molecule has 0 saturated carbocycles. The van der Waals surface area contributed by atoms with E-state index in [-0.39, 0.29) is 31.3 Å². The molecule has 0 aliphatic carbocycles. The van der Waals surface area contributed by atoms with Crippen molar-refractivity contribution in [3.63, 3.8) is 0 Å². The van der Waals surface area contributed by atoms with Gasteiger partial charge in [0, 0.05) is 13.0 Å². The lowest BCUT2D eigenvalue weighted by Gasteiger charge is -2.23. The van der Waals surface area contributed by atoms with Gasteiger partial charge in [0.2, 0.25) is 11.8 Å². The number of methoxy groups -OCH3 is 1. The van der Waals surface area contributed by atoms with Gasteiger partial charge in [0.1, 0.15) is 11.5 Å². The van der Waals surface area contributed by atoms with E-state index in [1.165, 1.54) is 0 Å². The molecule has 1 aliphatic heterocycles. The number of para-hydroxylation sites is 2. The number of carbonyl (C=O) groups excluding carboxylic acids is 2. The van der Waals surface area contributed by atoms with Crippen LogP contribution in [0.1, 0.15) is 12.2 Å². The molecular formula is C20H20N2O4. The van der Waals surface area contributed by atoms with E-state index >= 15 is 0 Å². The Morgan fingerprint density at radius 2 is 2.19 bits per heavy atom. The van der Waals surface area contributed by atoms with Crippen molar-refractivity contribution in [3.8, 4) is 18.1 Å². The summed E-state index contributed by atoms with van der Waals surface area (Å²) >= 11 is 0. The zero-order chi connectivity index (χ0) is 18.5. The van der Waals surface area contributed by atoms with Gasteiger partial charge < -0.3 is 19.0 Å². The number of terminal acetylenes is 1. The first-order chi connectivity index (χ1) is 12.6. The number of furan rings is 1. The van der Waals surface area contributed by atoms with Crippen molar-refractivity contribution in [2.75, 3.05) is 25.1 Å². The summed E-state index contributed by atoms with van der Waals surface area (Å²) in [5, 5.41) is 0. The van der Waals surface area contributed by atoms with Gasteiger partial charge in [-0.15, -0.1) is 6.42 Å². The minimum atomic E-state index is -0.448. The van der Waals surface area contributed by atoms with Crippen LogP contribution in [0.5, 0.6) is 5.75 Å². The van der Waals surface area contributed by atoms with E-state index in [4.69, 9.17) is 15.6 Å². The number of benzene rings is 1. The van der Waals surface area contributed by atoms with Crippen molar-refractivity contribution in [2.24, 2.45) is 5.92 Å². The topological polar surface area (TPSA) is 63.0 Å². The fourth-order valence-electron chi connectivity index (χ4n) is 3.13. The van der Waals surface area contributed by atoms with Crippen LogP contribution in [-0.4, -0.2) is 36.9 Å². The highest BCUT2D eigenvalue weighted by Gasteiger charge is 2.38. The molecule has 2 amide bonds. The van der Waals surface area contributed by atoms with Crippen LogP contribution in [0.25, 0.3) is 0 Å². The number of nitrogens with zero attached hydrogens (tertiary/aromatic N) is 2. The molecule has 1 atom stereocenters. The average molecular weight is 352 g/mol. The van der Waals surface area contributed by atoms with Gasteiger partial charge in [-0.3, -0.25) is 9.59 Å². The number of ether oxygens (including phenoxy) is 1. The number of amides is 2. The Morgan fingerprint density at radius 3 is 2.88 bits per heavy atom. The van der Waals surface area contributed by atoms with E-state index in [0.717, 1.165) is 0 Å². The predicted octanol–water partition coefficient (Wildman–Crippen LogP) is 2.30. The molecule has 26 heavy (non-hydrogen) atoms. The van der Waals surface area contributed by atoms with Crippen molar-refractivity contribution in [1.29, 1.82) is 0 Å². The van der Waals surface area contributed by atoms with Crippen LogP contribution < -0.4 is 9.64 Å². The van der Waals surface area contributed by atoms with Gasteiger partial charge >= 0.3 is 0 Å². The molecule has 1 aromatic carbocycles. The Kier molecular flexibility index (Phi) is 5.28. The van der Waals surface area contributed by atoms with Gasteiger partial charge in [-0.2, -0.15) is 0 Å². The highest BCUT2D eigenvalue weighted by atomic mass is 16.5. The summed E-state index contributed by atoms with van der Waals surface area (Å²) in [6, 6.07) is 10.8. The maximum absolute atomic E-state index is 12.9. The number of hydrogen-bond donors (Lipinski definition) is 0. The lowest BCUT2D eigenvalue weighted by Crippen LogP contribution is -2.37. The molecule has 1 saturated heterocycles. The Balaban J connectivity index is 1.76. The minimum absolute atomic E-state index is 0.105. The molecular weight excluding hydrogens is 332 g/mol. The molecule has 2 heterocycles. The molecule has 6 nitrogen and oxygen atoms in total. The van der Waals surface area contributed by atoms with Crippen molar-refractivity contribution in [3.05, 3.63) is 48.4 Å². The smallest absolute Gasteiger partial charge is 0.229 e. The lowest BCUT2D eigenvalue weighted by molar-refractivity contribution is -0.136. The second-order valence-electron chi connectivity index (χ2n) is 6.06. The average Bonchev–Trinajstić information content (AvgIpc) is 3.30. The van der Waals surface area contributed by atoms with Gasteiger partial charge in [-0.05, 0) is 24.3 Å². The summed E-state index contributed by atoms with van der Waals surface area (Å²) in [5.74, 6) is 3.05. The van der Waals surface area contributed by atoms with E-state index in [2.05, 4.69) is 5.92 Å². The lowest BCUT2D eigenvalue weighted by atomic mass is 10.1. The second kappa shape index (κ2) is 7.79. The van der Waals surface area contributed by atoms with Crippen LogP contribution in [0.2, 0.25) is 0 Å². The SMILES string of the molecule is C#CCN(Cc1ccco1)C(=O)[C@H]1CC(=O)N(c2ccccc2OC)C1. The molecule has 1 aromatic heterocycles. The second-order valence-corrected chi connectivity index (χ2v) is 6.06. The van der Waals surface area contributed by atoms with Gasteiger partial charge in [-0.1, -0.05) is 18.1 Å². The highest BCUT2D eigenvalue weighted by molar-refractivity contribution is 6.01. The molecule has 0 bridgehead atoms. The van der Waals surface area contributed by atoms with E-state index < -0.39 is 5.92 Å². The Morgan fingerprint density at radius 1 is 1.38 bits per heavy atom. The largest absolute Gasteiger partial charge is 0.495 e. The molecule has 0 N–H and O–H groups in total. The third kappa shape index (κ3) is 3.57. The molecule has 0 unspecified atom stereocenters. The summed E-state index contributed by atoms with van der Waals surface area (Å²) in [4.78, 5) is 28.6. The van der Waals surface area contributed by atoms with Crippen LogP contribution in [-0.2, 0) is 16.1 Å². The number of rotatable bonds is 6. The van der Waals surface area contributed by atoms with Crippen molar-refractivity contribution in [2.45, 2.75) is 13.0 Å². The molecule has 0 radical (unpaired) electrons. The first-order valence-electron chi connectivity index (χ1n) is 8.32. The molecule has 134 valence electrons. The maximum Gasteiger partial charge on any atom is 0.229 e. The van der Waals surface area contributed by atoms with E-state index in [1.54, 1.807) is 41.4 Å². The van der Waals surface area contributed by atoms with Gasteiger partial charge in [0.05, 0.1) is 38.1 Å². The fraction of sp³-hybridized carbons (Fsp3) is 0.300. The first kappa shape index (κ1) is 17.6. The van der Waals surface area contributed by atoms with E-state index in [1.807, 2.05) is 18.2 Å². The standard InChI is InChI=1S/C20H20N2O4/c1-3-10-21(14-16-7-6-11-26-16)20(24)15-12-19(23)22(13-15)17-8-4-5-9-18(17)25-2/h1,4-9,11,15H,10,12-14H2,2H3/t15-/m0/s1. The van der Waals surface area contributed by atoms with Crippen LogP contribution in [0.3, 0.4) is 0 Å². The van der Waals surface area contributed by atoms with E-state index in [0.29, 0.717) is 23.7 Å². The Bertz CT molecular complexity index is 823. The number of hydrogen-bond acceptors (Lipinski definition) is 4. The van der Waals surface area contributed by atoms with Gasteiger partial charge in [-0.25, -0.2) is 0 Å². The highest BCUT2D eigenvalue weighted by Crippen LogP contribution is 2.33. The van der Waals surface area contributed by atoms with Gasteiger partial charge in [0.15, 0.2) is 0 Å². The van der Waals surface area contributed by atoms with Crippen LogP contribution in [0.15, 0.2) is 47.1 Å². The van der Waals surface area contributed by atoms with Crippen molar-refractivity contribution in [1.82, 2.24) is 4.90 Å². The van der Waals surface area contributed by atoms with Crippen molar-refractivity contribution < 1.29 is 18.7 Å². The summed E-state index contributed by atoms with van der Waals surface area (Å²) in [6.45, 7) is 0.755.